The third-order valence-corrected chi connectivity index (χ3v) is 3.06. The molecule has 0 amide bonds. The van der Waals surface area contributed by atoms with Crippen LogP contribution < -0.4 is 4.74 Å². The molecule has 2 nitrogen and oxygen atoms in total. The standard InChI is InChI=1S/C14H11BrO2/c1-10-6-7-11(9-16)8-14(10)17-13-5-3-2-4-12(13)15/h2-9H,1H3. The molecule has 0 aliphatic heterocycles. The fraction of sp³-hybridized carbons (Fsp3) is 0.0714. The average Bonchev–Trinajstić information content (AvgIpc) is 2.35. The Kier molecular flexibility index (Phi) is 3.59. The molecule has 0 heterocycles. The lowest BCUT2D eigenvalue weighted by Gasteiger charge is -2.10. The first kappa shape index (κ1) is 11.9. The van der Waals surface area contributed by atoms with Crippen LogP contribution in [0.15, 0.2) is 46.9 Å². The van der Waals surface area contributed by atoms with Gasteiger partial charge in [-0.2, -0.15) is 0 Å². The van der Waals surface area contributed by atoms with Crippen LogP contribution in [0.5, 0.6) is 11.5 Å². The van der Waals surface area contributed by atoms with E-state index in [0.29, 0.717) is 11.3 Å². The monoisotopic (exact) mass is 290 g/mol. The maximum absolute atomic E-state index is 10.7. The van der Waals surface area contributed by atoms with Gasteiger partial charge in [-0.15, -0.1) is 0 Å². The van der Waals surface area contributed by atoms with Gasteiger partial charge in [-0.1, -0.05) is 24.3 Å². The van der Waals surface area contributed by atoms with E-state index in [1.807, 2.05) is 37.3 Å². The minimum atomic E-state index is 0.609. The molecule has 0 aromatic heterocycles. The molecule has 2 rings (SSSR count). The van der Waals surface area contributed by atoms with E-state index in [4.69, 9.17) is 4.74 Å². The summed E-state index contributed by atoms with van der Waals surface area (Å²) in [5.74, 6) is 1.43. The van der Waals surface area contributed by atoms with Gasteiger partial charge < -0.3 is 4.74 Å². The maximum atomic E-state index is 10.7. The molecule has 0 atom stereocenters. The maximum Gasteiger partial charge on any atom is 0.150 e. The predicted molar refractivity (Wildman–Crippen MR) is 70.8 cm³/mol. The number of hydrogen-bond donors (Lipinski definition) is 0. The van der Waals surface area contributed by atoms with Crippen LogP contribution in [-0.2, 0) is 0 Å². The molecule has 0 bridgehead atoms. The summed E-state index contributed by atoms with van der Waals surface area (Å²) in [5, 5.41) is 0. The molecule has 0 radical (unpaired) electrons. The minimum absolute atomic E-state index is 0.609. The Morgan fingerprint density at radius 1 is 1.12 bits per heavy atom. The van der Waals surface area contributed by atoms with Gasteiger partial charge in [0.1, 0.15) is 17.8 Å². The van der Waals surface area contributed by atoms with Crippen molar-refractivity contribution in [3.05, 3.63) is 58.1 Å². The normalized spacial score (nSPS) is 10.0. The van der Waals surface area contributed by atoms with Crippen molar-refractivity contribution in [2.45, 2.75) is 6.92 Å². The van der Waals surface area contributed by atoms with E-state index in [0.717, 1.165) is 22.1 Å². The van der Waals surface area contributed by atoms with E-state index < -0.39 is 0 Å². The number of benzene rings is 2. The first-order valence-corrected chi connectivity index (χ1v) is 5.98. The fourth-order valence-electron chi connectivity index (χ4n) is 1.45. The molecule has 3 heteroatoms. The fourth-order valence-corrected chi connectivity index (χ4v) is 1.81. The van der Waals surface area contributed by atoms with Gasteiger partial charge in [0.05, 0.1) is 4.47 Å². The molecule has 86 valence electrons. The number of halogens is 1. The van der Waals surface area contributed by atoms with E-state index in [1.165, 1.54) is 0 Å². The lowest BCUT2D eigenvalue weighted by Crippen LogP contribution is -1.90. The zero-order valence-electron chi connectivity index (χ0n) is 9.31. The molecule has 17 heavy (non-hydrogen) atoms. The topological polar surface area (TPSA) is 26.3 Å². The molecular formula is C14H11BrO2. The summed E-state index contributed by atoms with van der Waals surface area (Å²) < 4.78 is 6.66. The molecule has 2 aromatic rings. The van der Waals surface area contributed by atoms with Crippen molar-refractivity contribution in [2.75, 3.05) is 0 Å². The van der Waals surface area contributed by atoms with Gasteiger partial charge in [0.15, 0.2) is 0 Å². The van der Waals surface area contributed by atoms with Gasteiger partial charge in [0, 0.05) is 5.56 Å². The number of para-hydroxylation sites is 1. The Morgan fingerprint density at radius 2 is 1.88 bits per heavy atom. The molecule has 0 saturated carbocycles. The summed E-state index contributed by atoms with van der Waals surface area (Å²) in [6, 6.07) is 13.0. The van der Waals surface area contributed by atoms with Gasteiger partial charge in [-0.05, 0) is 46.6 Å². The zero-order valence-corrected chi connectivity index (χ0v) is 10.9. The molecule has 0 aliphatic rings. The first-order chi connectivity index (χ1) is 8.20. The molecule has 0 spiro atoms. The Labute approximate surface area is 108 Å². The molecule has 0 saturated heterocycles. The Hall–Kier alpha value is -1.61. The van der Waals surface area contributed by atoms with Crippen molar-refractivity contribution >= 4 is 22.2 Å². The van der Waals surface area contributed by atoms with Crippen LogP contribution in [0.1, 0.15) is 15.9 Å². The molecular weight excluding hydrogens is 280 g/mol. The quantitative estimate of drug-likeness (QED) is 0.785. The Balaban J connectivity index is 2.36. The molecule has 0 N–H and O–H groups in total. The molecule has 0 unspecified atom stereocenters. The van der Waals surface area contributed by atoms with Crippen molar-refractivity contribution in [1.82, 2.24) is 0 Å². The third-order valence-electron chi connectivity index (χ3n) is 2.40. The van der Waals surface area contributed by atoms with E-state index in [-0.39, 0.29) is 0 Å². The molecule has 0 aliphatic carbocycles. The number of hydrogen-bond acceptors (Lipinski definition) is 2. The van der Waals surface area contributed by atoms with Crippen LogP contribution in [0.4, 0.5) is 0 Å². The number of aldehydes is 1. The number of carbonyl (C=O) groups is 1. The van der Waals surface area contributed by atoms with Crippen LogP contribution in [0.2, 0.25) is 0 Å². The lowest BCUT2D eigenvalue weighted by atomic mass is 10.1. The van der Waals surface area contributed by atoms with Crippen LogP contribution in [0, 0.1) is 6.92 Å². The second-order valence-corrected chi connectivity index (χ2v) is 4.53. The highest BCUT2D eigenvalue weighted by Gasteiger charge is 2.05. The second kappa shape index (κ2) is 5.15. The van der Waals surface area contributed by atoms with E-state index in [2.05, 4.69) is 15.9 Å². The van der Waals surface area contributed by atoms with Crippen molar-refractivity contribution in [3.63, 3.8) is 0 Å². The highest BCUT2D eigenvalue weighted by atomic mass is 79.9. The second-order valence-electron chi connectivity index (χ2n) is 3.68. The van der Waals surface area contributed by atoms with E-state index in [9.17, 15) is 4.79 Å². The third kappa shape index (κ3) is 2.74. The van der Waals surface area contributed by atoms with E-state index >= 15 is 0 Å². The molecule has 2 aromatic carbocycles. The largest absolute Gasteiger partial charge is 0.456 e. The van der Waals surface area contributed by atoms with Crippen molar-refractivity contribution in [3.8, 4) is 11.5 Å². The highest BCUT2D eigenvalue weighted by molar-refractivity contribution is 9.10. The number of aryl methyl sites for hydroxylation is 1. The van der Waals surface area contributed by atoms with Crippen molar-refractivity contribution < 1.29 is 9.53 Å². The summed E-state index contributed by atoms with van der Waals surface area (Å²) in [6.07, 6.45) is 0.812. The summed E-state index contributed by atoms with van der Waals surface area (Å²) in [7, 11) is 0. The minimum Gasteiger partial charge on any atom is -0.456 e. The van der Waals surface area contributed by atoms with Gasteiger partial charge in [-0.25, -0.2) is 0 Å². The molecule has 0 fully saturated rings. The Bertz CT molecular complexity index is 550. The average molecular weight is 291 g/mol. The highest BCUT2D eigenvalue weighted by Crippen LogP contribution is 2.31. The number of carbonyl (C=O) groups excluding carboxylic acids is 1. The van der Waals surface area contributed by atoms with E-state index in [1.54, 1.807) is 12.1 Å². The predicted octanol–water partition coefficient (Wildman–Crippen LogP) is 4.36. The Morgan fingerprint density at radius 3 is 2.59 bits per heavy atom. The SMILES string of the molecule is Cc1ccc(C=O)cc1Oc1ccccc1Br. The number of rotatable bonds is 3. The summed E-state index contributed by atoms with van der Waals surface area (Å²) in [4.78, 5) is 10.7. The summed E-state index contributed by atoms with van der Waals surface area (Å²) in [6.45, 7) is 1.95. The van der Waals surface area contributed by atoms with Crippen LogP contribution in [-0.4, -0.2) is 6.29 Å². The van der Waals surface area contributed by atoms with Crippen LogP contribution >= 0.6 is 15.9 Å². The zero-order chi connectivity index (χ0) is 12.3. The van der Waals surface area contributed by atoms with Crippen LogP contribution in [0.3, 0.4) is 0 Å². The van der Waals surface area contributed by atoms with Gasteiger partial charge in [0.2, 0.25) is 0 Å². The summed E-state index contributed by atoms with van der Waals surface area (Å²) >= 11 is 3.42. The number of ether oxygens (including phenoxy) is 1. The van der Waals surface area contributed by atoms with Gasteiger partial charge >= 0.3 is 0 Å². The summed E-state index contributed by atoms with van der Waals surface area (Å²) in [5.41, 5.74) is 1.60. The van der Waals surface area contributed by atoms with Crippen molar-refractivity contribution in [2.24, 2.45) is 0 Å². The van der Waals surface area contributed by atoms with Crippen LogP contribution in [0.25, 0.3) is 0 Å². The van der Waals surface area contributed by atoms with Crippen molar-refractivity contribution in [1.29, 1.82) is 0 Å². The van der Waals surface area contributed by atoms with Gasteiger partial charge in [0.25, 0.3) is 0 Å². The lowest BCUT2D eigenvalue weighted by molar-refractivity contribution is 0.112. The first-order valence-electron chi connectivity index (χ1n) is 5.19. The smallest absolute Gasteiger partial charge is 0.150 e. The van der Waals surface area contributed by atoms with Gasteiger partial charge in [-0.3, -0.25) is 4.79 Å².